The second-order valence-electron chi connectivity index (χ2n) is 5.96. The normalized spacial score (nSPS) is 19.4. The van der Waals surface area contributed by atoms with Gasteiger partial charge in [-0.2, -0.15) is 0 Å². The zero-order valence-electron chi connectivity index (χ0n) is 13.1. The molecule has 4 nitrogen and oxygen atoms in total. The van der Waals surface area contributed by atoms with Crippen molar-refractivity contribution in [2.45, 2.75) is 37.8 Å². The lowest BCUT2D eigenvalue weighted by Crippen LogP contribution is -2.42. The Morgan fingerprint density at radius 3 is 2.82 bits per heavy atom. The number of hydrogen-bond donors (Lipinski definition) is 1. The molecule has 1 aromatic carbocycles. The van der Waals surface area contributed by atoms with E-state index in [0.717, 1.165) is 32.2 Å². The van der Waals surface area contributed by atoms with E-state index in [0.29, 0.717) is 19.2 Å². The largest absolute Gasteiger partial charge is 0.383 e. The van der Waals surface area contributed by atoms with Crippen molar-refractivity contribution in [2.24, 2.45) is 0 Å². The summed E-state index contributed by atoms with van der Waals surface area (Å²) in [4.78, 5) is 14.8. The molecule has 0 bridgehead atoms. The van der Waals surface area contributed by atoms with Crippen molar-refractivity contribution in [3.05, 3.63) is 35.4 Å². The monoisotopic (exact) mass is 324 g/mol. The second-order valence-corrected chi connectivity index (χ2v) is 5.96. The van der Waals surface area contributed by atoms with Crippen molar-refractivity contribution >= 4 is 18.3 Å². The number of halogens is 1. The van der Waals surface area contributed by atoms with Crippen molar-refractivity contribution < 1.29 is 9.53 Å². The molecule has 122 valence electrons. The van der Waals surface area contributed by atoms with Crippen LogP contribution in [0.5, 0.6) is 0 Å². The van der Waals surface area contributed by atoms with Crippen LogP contribution in [0.25, 0.3) is 0 Å². The van der Waals surface area contributed by atoms with E-state index in [1.54, 1.807) is 7.11 Å². The average Bonchev–Trinajstić information content (AvgIpc) is 3.24. The Bertz CT molecular complexity index is 505. The molecule has 1 aromatic rings. The number of carbonyl (C=O) groups is 1. The molecular weight excluding hydrogens is 300 g/mol. The predicted octanol–water partition coefficient (Wildman–Crippen LogP) is 2.32. The summed E-state index contributed by atoms with van der Waals surface area (Å²) in [5.74, 6) is 0.232. The number of hydrogen-bond acceptors (Lipinski definition) is 3. The molecule has 1 N–H and O–H groups in total. The van der Waals surface area contributed by atoms with Crippen molar-refractivity contribution in [3.63, 3.8) is 0 Å². The molecule has 1 amide bonds. The van der Waals surface area contributed by atoms with Crippen molar-refractivity contribution in [1.82, 2.24) is 10.2 Å². The van der Waals surface area contributed by atoms with Gasteiger partial charge in [0.2, 0.25) is 5.91 Å². The average molecular weight is 325 g/mol. The first-order chi connectivity index (χ1) is 10.3. The van der Waals surface area contributed by atoms with Gasteiger partial charge in [0.1, 0.15) is 0 Å². The van der Waals surface area contributed by atoms with Crippen LogP contribution in [0.15, 0.2) is 24.3 Å². The predicted molar refractivity (Wildman–Crippen MR) is 89.4 cm³/mol. The maximum absolute atomic E-state index is 12.6. The van der Waals surface area contributed by atoms with E-state index in [1.807, 2.05) is 0 Å². The molecule has 2 aliphatic rings. The molecule has 1 unspecified atom stereocenters. The standard InChI is InChI=1S/C17H24N2O2.ClH/c1-21-11-10-18-12-17(20)19(14-7-8-14)16-9-6-13-4-2-3-5-15(13)16;/h2-5,14,16,18H,6-12H2,1H3;1H. The minimum absolute atomic E-state index is 0. The van der Waals surface area contributed by atoms with E-state index in [-0.39, 0.29) is 24.4 Å². The first-order valence-electron chi connectivity index (χ1n) is 7.90. The highest BCUT2D eigenvalue weighted by Gasteiger charge is 2.39. The Morgan fingerprint density at radius 2 is 2.09 bits per heavy atom. The molecule has 0 heterocycles. The fraction of sp³-hybridized carbons (Fsp3) is 0.588. The summed E-state index contributed by atoms with van der Waals surface area (Å²) in [7, 11) is 1.68. The van der Waals surface area contributed by atoms with Crippen molar-refractivity contribution in [1.29, 1.82) is 0 Å². The van der Waals surface area contributed by atoms with E-state index in [2.05, 4.69) is 34.5 Å². The molecule has 0 saturated heterocycles. The van der Waals surface area contributed by atoms with Crippen LogP contribution in [0.2, 0.25) is 0 Å². The van der Waals surface area contributed by atoms with Gasteiger partial charge in [-0.15, -0.1) is 12.4 Å². The molecular formula is C17H25ClN2O2. The van der Waals surface area contributed by atoms with Gasteiger partial charge in [0.25, 0.3) is 0 Å². The van der Waals surface area contributed by atoms with Crippen LogP contribution in [0.3, 0.4) is 0 Å². The summed E-state index contributed by atoms with van der Waals surface area (Å²) < 4.78 is 5.00. The first kappa shape index (κ1) is 17.3. The van der Waals surface area contributed by atoms with Crippen LogP contribution >= 0.6 is 12.4 Å². The minimum atomic E-state index is 0. The summed E-state index contributed by atoms with van der Waals surface area (Å²) in [5.41, 5.74) is 2.77. The molecule has 0 radical (unpaired) electrons. The van der Waals surface area contributed by atoms with E-state index in [4.69, 9.17) is 4.74 Å². The third kappa shape index (κ3) is 3.80. The number of fused-ring (bicyclic) bond motifs is 1. The smallest absolute Gasteiger partial charge is 0.237 e. The minimum Gasteiger partial charge on any atom is -0.383 e. The van der Waals surface area contributed by atoms with Crippen LogP contribution in [0.1, 0.15) is 36.4 Å². The molecule has 0 aliphatic heterocycles. The number of ether oxygens (including phenoxy) is 1. The van der Waals surface area contributed by atoms with Gasteiger partial charge in [0.15, 0.2) is 0 Å². The lowest BCUT2D eigenvalue weighted by Gasteiger charge is -2.30. The number of carbonyl (C=O) groups excluding carboxylic acids is 1. The lowest BCUT2D eigenvalue weighted by molar-refractivity contribution is -0.133. The highest BCUT2D eigenvalue weighted by molar-refractivity contribution is 5.85. The molecule has 1 fully saturated rings. The summed E-state index contributed by atoms with van der Waals surface area (Å²) >= 11 is 0. The van der Waals surface area contributed by atoms with E-state index >= 15 is 0 Å². The molecule has 0 aromatic heterocycles. The number of rotatable bonds is 7. The van der Waals surface area contributed by atoms with Crippen molar-refractivity contribution in [2.75, 3.05) is 26.8 Å². The SMILES string of the molecule is COCCNCC(=O)N(C1CC1)C1CCc2ccccc21.Cl. The van der Waals surface area contributed by atoms with Gasteiger partial charge in [-0.25, -0.2) is 0 Å². The van der Waals surface area contributed by atoms with E-state index < -0.39 is 0 Å². The molecule has 1 atom stereocenters. The number of nitrogens with zero attached hydrogens (tertiary/aromatic N) is 1. The summed E-state index contributed by atoms with van der Waals surface area (Å²) in [6.07, 6.45) is 4.47. The Morgan fingerprint density at radius 1 is 1.32 bits per heavy atom. The van der Waals surface area contributed by atoms with Crippen LogP contribution in [-0.2, 0) is 16.0 Å². The molecule has 2 aliphatic carbocycles. The Hall–Kier alpha value is -1.10. The highest BCUT2D eigenvalue weighted by Crippen LogP contribution is 2.41. The Labute approximate surface area is 138 Å². The maximum atomic E-state index is 12.6. The summed E-state index contributed by atoms with van der Waals surface area (Å²) in [6, 6.07) is 9.30. The van der Waals surface area contributed by atoms with Gasteiger partial charge in [-0.1, -0.05) is 24.3 Å². The van der Waals surface area contributed by atoms with Crippen LogP contribution in [-0.4, -0.2) is 43.7 Å². The van der Waals surface area contributed by atoms with Crippen LogP contribution < -0.4 is 5.32 Å². The Kier molecular flexibility index (Phi) is 6.24. The van der Waals surface area contributed by atoms with Crippen LogP contribution in [0.4, 0.5) is 0 Å². The zero-order chi connectivity index (χ0) is 14.7. The van der Waals surface area contributed by atoms with Gasteiger partial charge in [-0.3, -0.25) is 4.79 Å². The third-order valence-corrected chi connectivity index (χ3v) is 4.42. The van der Waals surface area contributed by atoms with Crippen LogP contribution in [0, 0.1) is 0 Å². The van der Waals surface area contributed by atoms with E-state index in [9.17, 15) is 4.79 Å². The molecule has 1 saturated carbocycles. The van der Waals surface area contributed by atoms with Gasteiger partial charge in [-0.05, 0) is 36.8 Å². The molecule has 3 rings (SSSR count). The zero-order valence-corrected chi connectivity index (χ0v) is 13.9. The maximum Gasteiger partial charge on any atom is 0.237 e. The lowest BCUT2D eigenvalue weighted by atomic mass is 10.1. The summed E-state index contributed by atoms with van der Waals surface area (Å²) in [5, 5.41) is 3.18. The number of methoxy groups -OCH3 is 1. The fourth-order valence-electron chi connectivity index (χ4n) is 3.27. The van der Waals surface area contributed by atoms with Gasteiger partial charge in [0.05, 0.1) is 19.2 Å². The van der Waals surface area contributed by atoms with E-state index in [1.165, 1.54) is 11.1 Å². The van der Waals surface area contributed by atoms with Crippen molar-refractivity contribution in [3.8, 4) is 0 Å². The topological polar surface area (TPSA) is 41.6 Å². The number of amides is 1. The number of benzene rings is 1. The molecule has 22 heavy (non-hydrogen) atoms. The molecule has 0 spiro atoms. The fourth-order valence-corrected chi connectivity index (χ4v) is 3.27. The number of aryl methyl sites for hydroxylation is 1. The summed E-state index contributed by atoms with van der Waals surface area (Å²) in [6.45, 7) is 1.78. The second kappa shape index (κ2) is 7.95. The molecule has 5 heteroatoms. The van der Waals surface area contributed by atoms with Gasteiger partial charge in [0, 0.05) is 19.7 Å². The highest BCUT2D eigenvalue weighted by atomic mass is 35.5. The first-order valence-corrected chi connectivity index (χ1v) is 7.90. The Balaban J connectivity index is 0.00000176. The van der Waals surface area contributed by atoms with Gasteiger partial charge < -0.3 is 15.0 Å². The van der Waals surface area contributed by atoms with Gasteiger partial charge >= 0.3 is 0 Å². The third-order valence-electron chi connectivity index (χ3n) is 4.42. The number of nitrogens with one attached hydrogen (secondary N) is 1. The quantitative estimate of drug-likeness (QED) is 0.783.